The molecule has 0 unspecified atom stereocenters. The molecule has 0 aromatic heterocycles. The molecule has 4 aromatic rings. The number of likely N-dealkylation sites (tertiary alicyclic amines) is 1. The summed E-state index contributed by atoms with van der Waals surface area (Å²) in [4.78, 5) is 65.6. The van der Waals surface area contributed by atoms with Crippen LogP contribution in [-0.2, 0) is 57.6 Å². The van der Waals surface area contributed by atoms with Gasteiger partial charge in [-0.05, 0) is 59.9 Å². The Labute approximate surface area is 397 Å². The molecular weight excluding hydrogens is 871 g/mol. The number of carbonyl (C=O) groups excluding carboxylic acids is 5. The number of nitrogens with zero attached hydrogens (tertiary/aromatic N) is 3. The van der Waals surface area contributed by atoms with Crippen LogP contribution in [0.25, 0.3) is 11.4 Å². The van der Waals surface area contributed by atoms with Crippen LogP contribution in [0.2, 0.25) is 0 Å². The van der Waals surface area contributed by atoms with Crippen LogP contribution in [0.15, 0.2) is 97.1 Å². The second-order valence-electron chi connectivity index (χ2n) is 16.3. The largest absolute Gasteiger partial charge is 0.396 e. The number of ether oxygens (including phenoxy) is 4. The summed E-state index contributed by atoms with van der Waals surface area (Å²) in [7, 11) is 0. The van der Waals surface area contributed by atoms with Gasteiger partial charge < -0.3 is 61.2 Å². The van der Waals surface area contributed by atoms with Crippen LogP contribution in [0.4, 0.5) is 21.9 Å². The highest BCUT2D eigenvalue weighted by molar-refractivity contribution is 6.02. The summed E-state index contributed by atoms with van der Waals surface area (Å²) in [5, 5.41) is 10.0. The van der Waals surface area contributed by atoms with Crippen molar-refractivity contribution in [2.75, 3.05) is 88.0 Å². The SMILES string of the molecule is NC(=O)CCC(=O)N1Cc2ccccc2/C(N(N)CCOCCOCCOCCOCCC(=O)NCc2ccc(NC(=O)Nc3ccc(CC(=O)N4CCCC4)cc3)cc2)=C(/N)c2ccccc21. The predicted molar refractivity (Wildman–Crippen MR) is 259 cm³/mol. The first-order valence-corrected chi connectivity index (χ1v) is 23.0. The molecule has 0 bridgehead atoms. The summed E-state index contributed by atoms with van der Waals surface area (Å²) in [5.74, 6) is 5.84. The highest BCUT2D eigenvalue weighted by Gasteiger charge is 2.28. The monoisotopic (exact) mass is 933 g/mol. The van der Waals surface area contributed by atoms with Crippen molar-refractivity contribution >= 4 is 58.1 Å². The van der Waals surface area contributed by atoms with Gasteiger partial charge >= 0.3 is 6.03 Å². The van der Waals surface area contributed by atoms with Crippen LogP contribution in [0.5, 0.6) is 0 Å². The van der Waals surface area contributed by atoms with Gasteiger partial charge in [-0.3, -0.25) is 19.2 Å². The molecule has 2 heterocycles. The van der Waals surface area contributed by atoms with Gasteiger partial charge in [0, 0.05) is 61.4 Å². The molecule has 1 saturated heterocycles. The van der Waals surface area contributed by atoms with Gasteiger partial charge in [0.05, 0.1) is 89.4 Å². The zero-order chi connectivity index (χ0) is 48.1. The maximum atomic E-state index is 13.3. The Morgan fingerprint density at radius 3 is 1.81 bits per heavy atom. The van der Waals surface area contributed by atoms with Crippen molar-refractivity contribution in [3.63, 3.8) is 0 Å². The summed E-state index contributed by atoms with van der Waals surface area (Å²) < 4.78 is 22.6. The Hall–Kier alpha value is -6.83. The first kappa shape index (κ1) is 50.6. The Morgan fingerprint density at radius 2 is 1.18 bits per heavy atom. The van der Waals surface area contributed by atoms with Crippen LogP contribution in [0, 0.1) is 0 Å². The molecule has 6 rings (SSSR count). The van der Waals surface area contributed by atoms with Gasteiger partial charge in [0.25, 0.3) is 0 Å². The van der Waals surface area contributed by atoms with E-state index in [4.69, 9.17) is 36.3 Å². The summed E-state index contributed by atoms with van der Waals surface area (Å²) in [6, 6.07) is 29.0. The molecule has 2 aliphatic heterocycles. The lowest BCUT2D eigenvalue weighted by atomic mass is 9.95. The van der Waals surface area contributed by atoms with E-state index in [2.05, 4.69) is 16.0 Å². The van der Waals surface area contributed by atoms with Crippen LogP contribution in [0.3, 0.4) is 0 Å². The maximum Gasteiger partial charge on any atom is 0.323 e. The smallest absolute Gasteiger partial charge is 0.323 e. The fourth-order valence-electron chi connectivity index (χ4n) is 7.70. The van der Waals surface area contributed by atoms with Gasteiger partial charge in [0.15, 0.2) is 0 Å². The predicted octanol–water partition coefficient (Wildman–Crippen LogP) is 4.34. The lowest BCUT2D eigenvalue weighted by Crippen LogP contribution is -2.37. The third kappa shape index (κ3) is 15.6. The van der Waals surface area contributed by atoms with Crippen LogP contribution in [0.1, 0.15) is 59.9 Å². The molecule has 362 valence electrons. The molecule has 18 heteroatoms. The molecule has 18 nitrogen and oxygen atoms in total. The number of rotatable bonds is 25. The van der Waals surface area contributed by atoms with Gasteiger partial charge in [0.1, 0.15) is 0 Å². The van der Waals surface area contributed by atoms with E-state index in [-0.39, 0.29) is 56.2 Å². The number of primary amides is 1. The molecule has 0 saturated carbocycles. The van der Waals surface area contributed by atoms with E-state index in [0.717, 1.165) is 48.2 Å². The van der Waals surface area contributed by atoms with E-state index < -0.39 is 5.91 Å². The van der Waals surface area contributed by atoms with E-state index in [1.807, 2.05) is 77.7 Å². The lowest BCUT2D eigenvalue weighted by molar-refractivity contribution is -0.129. The third-order valence-corrected chi connectivity index (χ3v) is 11.3. The van der Waals surface area contributed by atoms with Crippen molar-refractivity contribution in [1.29, 1.82) is 0 Å². The Balaban J connectivity index is 0.783. The molecule has 9 N–H and O–H groups in total. The first-order valence-electron chi connectivity index (χ1n) is 23.0. The number of hydrogen-bond donors (Lipinski definition) is 6. The highest BCUT2D eigenvalue weighted by Crippen LogP contribution is 2.36. The number of para-hydroxylation sites is 1. The maximum absolute atomic E-state index is 13.3. The summed E-state index contributed by atoms with van der Waals surface area (Å²) in [5.41, 5.74) is 19.1. The fourth-order valence-corrected chi connectivity index (χ4v) is 7.70. The molecular formula is C50H63N9O9. The normalized spacial score (nSPS) is 14.3. The summed E-state index contributed by atoms with van der Waals surface area (Å²) >= 11 is 0. The van der Waals surface area contributed by atoms with E-state index >= 15 is 0 Å². The molecule has 1 fully saturated rings. The number of hydrazine groups is 1. The zero-order valence-corrected chi connectivity index (χ0v) is 38.4. The Morgan fingerprint density at radius 1 is 0.618 bits per heavy atom. The van der Waals surface area contributed by atoms with Crippen molar-refractivity contribution in [3.05, 3.63) is 125 Å². The topological polar surface area (TPSA) is 246 Å². The number of amides is 6. The van der Waals surface area contributed by atoms with Crippen molar-refractivity contribution in [2.24, 2.45) is 17.3 Å². The number of benzene rings is 4. The number of nitrogens with one attached hydrogen (secondary N) is 3. The average molecular weight is 934 g/mol. The van der Waals surface area contributed by atoms with Gasteiger partial charge in [-0.2, -0.15) is 0 Å². The minimum absolute atomic E-state index is 0.0201. The number of hydrogen-bond acceptors (Lipinski definition) is 12. The number of carbonyl (C=O) groups is 5. The molecule has 6 amide bonds. The second kappa shape index (κ2) is 26.5. The van der Waals surface area contributed by atoms with Crippen molar-refractivity contribution < 1.29 is 42.9 Å². The quantitative estimate of drug-likeness (QED) is 0.0309. The van der Waals surface area contributed by atoms with E-state index in [9.17, 15) is 24.0 Å². The third-order valence-electron chi connectivity index (χ3n) is 11.3. The van der Waals surface area contributed by atoms with E-state index in [0.29, 0.717) is 99.8 Å². The van der Waals surface area contributed by atoms with Crippen molar-refractivity contribution in [1.82, 2.24) is 15.2 Å². The van der Waals surface area contributed by atoms with Crippen molar-refractivity contribution in [2.45, 2.75) is 51.6 Å². The minimum Gasteiger partial charge on any atom is -0.396 e. The number of fused-ring (bicyclic) bond motifs is 2. The van der Waals surface area contributed by atoms with Crippen LogP contribution in [-0.4, -0.2) is 112 Å². The number of nitrogens with two attached hydrogens (primary N) is 3. The molecule has 68 heavy (non-hydrogen) atoms. The number of urea groups is 1. The van der Waals surface area contributed by atoms with Gasteiger partial charge in [-0.15, -0.1) is 0 Å². The van der Waals surface area contributed by atoms with Gasteiger partial charge in [-0.25, -0.2) is 10.6 Å². The molecule has 0 atom stereocenters. The highest BCUT2D eigenvalue weighted by atomic mass is 16.6. The summed E-state index contributed by atoms with van der Waals surface area (Å²) in [6.45, 7) is 5.28. The average Bonchev–Trinajstić information content (AvgIpc) is 3.89. The van der Waals surface area contributed by atoms with Crippen molar-refractivity contribution in [3.8, 4) is 0 Å². The minimum atomic E-state index is -0.542. The van der Waals surface area contributed by atoms with Gasteiger partial charge in [-0.1, -0.05) is 66.7 Å². The molecule has 4 aromatic carbocycles. The lowest BCUT2D eigenvalue weighted by Gasteiger charge is -2.33. The second-order valence-corrected chi connectivity index (χ2v) is 16.3. The molecule has 0 radical (unpaired) electrons. The molecule has 0 aliphatic carbocycles. The van der Waals surface area contributed by atoms with Crippen LogP contribution >= 0.6 is 0 Å². The molecule has 2 aliphatic rings. The molecule has 0 spiro atoms. The van der Waals surface area contributed by atoms with Crippen LogP contribution < -0.4 is 38.2 Å². The van der Waals surface area contributed by atoms with E-state index in [1.165, 1.54) is 0 Å². The summed E-state index contributed by atoms with van der Waals surface area (Å²) in [6.07, 6.45) is 2.60. The Kier molecular flexibility index (Phi) is 19.7. The first-order chi connectivity index (χ1) is 33.0. The van der Waals surface area contributed by atoms with Gasteiger partial charge in [0.2, 0.25) is 23.6 Å². The fraction of sp³-hybridized carbons (Fsp3) is 0.380. The number of anilines is 3. The standard InChI is InChI=1S/C50H63N9O9/c51-44(60)19-20-46(62)58-35-38-7-1-2-8-41(38)49(48(52)42-9-3-4-10-43(42)58)59(53)24-26-66-28-30-68-32-31-67-29-27-65-25-21-45(61)54-34-37-13-17-40(18-14-37)56-50(64)55-39-15-11-36(12-16-39)33-47(63)57-22-5-6-23-57/h1-4,7-18H,5-6,19-35,52-53H2,(H2,51,60)(H,54,61)(H2,55,56,64)/b49-48-. The Bertz CT molecular complexity index is 2340. The zero-order valence-electron chi connectivity index (χ0n) is 38.4. The van der Waals surface area contributed by atoms with E-state index in [1.54, 1.807) is 34.2 Å².